The molecule has 7 heteroatoms. The number of carbonyl (C=O) groups is 2. The molecule has 1 aliphatic rings. The van der Waals surface area contributed by atoms with E-state index in [1.54, 1.807) is 16.0 Å². The molecule has 1 saturated heterocycles. The Balaban J connectivity index is 2.03. The lowest BCUT2D eigenvalue weighted by Crippen LogP contribution is -2.51. The zero-order chi connectivity index (χ0) is 13.1. The van der Waals surface area contributed by atoms with Crippen molar-refractivity contribution in [2.45, 2.75) is 0 Å². The van der Waals surface area contributed by atoms with E-state index in [0.717, 1.165) is 9.39 Å². The summed E-state index contributed by atoms with van der Waals surface area (Å²) in [5, 5.41) is 8.69. The van der Waals surface area contributed by atoms with Crippen LogP contribution in [0.4, 0.5) is 5.69 Å². The average molecular weight is 361 g/mol. The van der Waals surface area contributed by atoms with E-state index in [1.807, 2.05) is 12.1 Å². The lowest BCUT2D eigenvalue weighted by Gasteiger charge is -2.33. The molecule has 2 heterocycles. The highest BCUT2D eigenvalue weighted by Crippen LogP contribution is 2.16. The van der Waals surface area contributed by atoms with Gasteiger partial charge in [0.2, 0.25) is 5.91 Å². The molecule has 1 fully saturated rings. The van der Waals surface area contributed by atoms with Crippen molar-refractivity contribution in [3.63, 3.8) is 0 Å². The Bertz CT molecular complexity index is 463. The minimum absolute atomic E-state index is 0.0921. The summed E-state index contributed by atoms with van der Waals surface area (Å²) >= 11 is 2.10. The predicted octanol–water partition coefficient (Wildman–Crippen LogP) is 0.419. The number of piperazine rings is 1. The Hall–Kier alpha value is -1.22. The van der Waals surface area contributed by atoms with Crippen molar-refractivity contribution in [3.05, 3.63) is 22.0 Å². The quantitative estimate of drug-likeness (QED) is 0.624. The summed E-state index contributed by atoms with van der Waals surface area (Å²) in [6.45, 7) is 1.10. The molecule has 0 spiro atoms. The van der Waals surface area contributed by atoms with Crippen LogP contribution in [0.15, 0.2) is 18.3 Å². The first-order valence-electron chi connectivity index (χ1n) is 5.42. The summed E-state index contributed by atoms with van der Waals surface area (Å²) in [5.41, 5.74) is 0.760. The summed E-state index contributed by atoms with van der Waals surface area (Å²) in [5.74, 6) is -1.00. The molecule has 0 aromatic carbocycles. The van der Waals surface area contributed by atoms with Gasteiger partial charge >= 0.3 is 5.97 Å². The van der Waals surface area contributed by atoms with Gasteiger partial charge in [-0.25, -0.2) is 4.98 Å². The minimum atomic E-state index is -0.910. The maximum absolute atomic E-state index is 11.9. The third-order valence-corrected chi connectivity index (χ3v) is 3.32. The van der Waals surface area contributed by atoms with Crippen LogP contribution in [0.25, 0.3) is 0 Å². The highest BCUT2D eigenvalue weighted by Gasteiger charge is 2.26. The predicted molar refractivity (Wildman–Crippen MR) is 73.4 cm³/mol. The number of pyridine rings is 1. The molecule has 0 bridgehead atoms. The van der Waals surface area contributed by atoms with E-state index in [-0.39, 0.29) is 19.0 Å². The lowest BCUT2D eigenvalue weighted by atomic mass is 10.2. The van der Waals surface area contributed by atoms with Crippen LogP contribution >= 0.6 is 22.6 Å². The number of aromatic nitrogens is 1. The summed E-state index contributed by atoms with van der Waals surface area (Å²) in [6.07, 6.45) is 1.66. The van der Waals surface area contributed by atoms with Crippen molar-refractivity contribution in [1.82, 2.24) is 9.88 Å². The molecule has 1 aliphatic heterocycles. The van der Waals surface area contributed by atoms with Crippen molar-refractivity contribution < 1.29 is 14.7 Å². The maximum Gasteiger partial charge on any atom is 0.317 e. The molecule has 1 aromatic heterocycles. The first-order valence-corrected chi connectivity index (χ1v) is 6.50. The fourth-order valence-electron chi connectivity index (χ4n) is 1.85. The van der Waals surface area contributed by atoms with E-state index in [1.165, 1.54) is 0 Å². The molecule has 0 unspecified atom stereocenters. The second kappa shape index (κ2) is 5.61. The SMILES string of the molecule is O=C(O)CN1CCN(c2ccc(I)nc2)C(=O)C1. The molecule has 6 nitrogen and oxygen atoms in total. The fraction of sp³-hybridized carbons (Fsp3) is 0.364. The molecule has 0 saturated carbocycles. The number of aliphatic carboxylic acids is 1. The second-order valence-electron chi connectivity index (χ2n) is 3.99. The highest BCUT2D eigenvalue weighted by atomic mass is 127. The van der Waals surface area contributed by atoms with Gasteiger partial charge in [-0.15, -0.1) is 0 Å². The normalized spacial score (nSPS) is 16.9. The Morgan fingerprint density at radius 1 is 1.44 bits per heavy atom. The molecule has 2 rings (SSSR count). The van der Waals surface area contributed by atoms with E-state index < -0.39 is 5.97 Å². The van der Waals surface area contributed by atoms with E-state index in [0.29, 0.717) is 13.1 Å². The van der Waals surface area contributed by atoms with Crippen LogP contribution < -0.4 is 4.90 Å². The van der Waals surface area contributed by atoms with Crippen LogP contribution in [0.3, 0.4) is 0 Å². The molecule has 1 amide bonds. The molecule has 0 atom stereocenters. The molecule has 18 heavy (non-hydrogen) atoms. The molecule has 0 aliphatic carbocycles. The van der Waals surface area contributed by atoms with E-state index >= 15 is 0 Å². The Kier molecular flexibility index (Phi) is 4.12. The van der Waals surface area contributed by atoms with Crippen LogP contribution in [0, 0.1) is 3.70 Å². The van der Waals surface area contributed by atoms with Gasteiger partial charge in [0.25, 0.3) is 0 Å². The number of carboxylic acids is 1. The topological polar surface area (TPSA) is 73.7 Å². The van der Waals surface area contributed by atoms with Gasteiger partial charge in [0, 0.05) is 13.1 Å². The monoisotopic (exact) mass is 361 g/mol. The first-order chi connectivity index (χ1) is 8.56. The van der Waals surface area contributed by atoms with Gasteiger partial charge in [0.05, 0.1) is 25.0 Å². The summed E-state index contributed by atoms with van der Waals surface area (Å²) in [4.78, 5) is 29.9. The van der Waals surface area contributed by atoms with Gasteiger partial charge in [0.15, 0.2) is 0 Å². The largest absolute Gasteiger partial charge is 0.480 e. The van der Waals surface area contributed by atoms with E-state index in [9.17, 15) is 9.59 Å². The molecule has 1 aromatic rings. The minimum Gasteiger partial charge on any atom is -0.480 e. The number of halogens is 1. The number of carbonyl (C=O) groups excluding carboxylic acids is 1. The summed E-state index contributed by atoms with van der Waals surface area (Å²) < 4.78 is 0.869. The molecule has 0 radical (unpaired) electrons. The van der Waals surface area contributed by atoms with E-state index in [2.05, 4.69) is 27.6 Å². The maximum atomic E-state index is 11.9. The number of carboxylic acid groups (broad SMARTS) is 1. The molecule has 96 valence electrons. The number of hydrogen-bond donors (Lipinski definition) is 1. The zero-order valence-corrected chi connectivity index (χ0v) is 11.7. The van der Waals surface area contributed by atoms with Crippen LogP contribution in [-0.2, 0) is 9.59 Å². The lowest BCUT2D eigenvalue weighted by molar-refractivity contribution is -0.138. The van der Waals surface area contributed by atoms with Crippen molar-refractivity contribution >= 4 is 40.2 Å². The number of amides is 1. The zero-order valence-electron chi connectivity index (χ0n) is 9.54. The first kappa shape index (κ1) is 13.2. The van der Waals surface area contributed by atoms with Crippen LogP contribution in [0.2, 0.25) is 0 Å². The van der Waals surface area contributed by atoms with Gasteiger partial charge < -0.3 is 10.0 Å². The highest BCUT2D eigenvalue weighted by molar-refractivity contribution is 14.1. The third-order valence-electron chi connectivity index (χ3n) is 2.68. The van der Waals surface area contributed by atoms with Gasteiger partial charge in [-0.3, -0.25) is 14.5 Å². The summed E-state index contributed by atoms with van der Waals surface area (Å²) in [7, 11) is 0. The van der Waals surface area contributed by atoms with Gasteiger partial charge in [-0.1, -0.05) is 0 Å². The van der Waals surface area contributed by atoms with Crippen LogP contribution in [-0.4, -0.2) is 53.0 Å². The Morgan fingerprint density at radius 2 is 2.22 bits per heavy atom. The molecular weight excluding hydrogens is 349 g/mol. The number of nitrogens with zero attached hydrogens (tertiary/aromatic N) is 3. The van der Waals surface area contributed by atoms with Crippen molar-refractivity contribution in [1.29, 1.82) is 0 Å². The van der Waals surface area contributed by atoms with Gasteiger partial charge in [0.1, 0.15) is 3.70 Å². The Morgan fingerprint density at radius 3 is 2.78 bits per heavy atom. The number of hydrogen-bond acceptors (Lipinski definition) is 4. The standard InChI is InChI=1S/C11H12IN3O3/c12-9-2-1-8(5-13-9)15-4-3-14(6-10(15)16)7-11(17)18/h1-2,5H,3-4,6-7H2,(H,17,18). The Labute approximate surface area is 118 Å². The fourth-order valence-corrected chi connectivity index (χ4v) is 2.17. The van der Waals surface area contributed by atoms with Crippen molar-refractivity contribution in [2.24, 2.45) is 0 Å². The smallest absolute Gasteiger partial charge is 0.317 e. The van der Waals surface area contributed by atoms with Crippen LogP contribution in [0.5, 0.6) is 0 Å². The molecular formula is C11H12IN3O3. The number of anilines is 1. The van der Waals surface area contributed by atoms with Crippen molar-refractivity contribution in [3.8, 4) is 0 Å². The average Bonchev–Trinajstić information content (AvgIpc) is 2.30. The third kappa shape index (κ3) is 3.16. The van der Waals surface area contributed by atoms with Gasteiger partial charge in [-0.05, 0) is 34.7 Å². The van der Waals surface area contributed by atoms with E-state index in [4.69, 9.17) is 5.11 Å². The van der Waals surface area contributed by atoms with Crippen LogP contribution in [0.1, 0.15) is 0 Å². The second-order valence-corrected chi connectivity index (χ2v) is 5.09. The van der Waals surface area contributed by atoms with Gasteiger partial charge in [-0.2, -0.15) is 0 Å². The summed E-state index contributed by atoms with van der Waals surface area (Å²) in [6, 6.07) is 3.69. The van der Waals surface area contributed by atoms with Crippen molar-refractivity contribution in [2.75, 3.05) is 31.1 Å². The number of rotatable bonds is 3. The molecule has 1 N–H and O–H groups in total.